The minimum absolute atomic E-state index is 0.0489. The normalized spacial score (nSPS) is 31.0. The molecule has 2 saturated heterocycles. The Bertz CT molecular complexity index is 802. The van der Waals surface area contributed by atoms with Crippen LogP contribution in [0.2, 0.25) is 0 Å². The van der Waals surface area contributed by atoms with Crippen LogP contribution in [-0.2, 0) is 20.0 Å². The van der Waals surface area contributed by atoms with Crippen molar-refractivity contribution in [1.29, 1.82) is 0 Å². The van der Waals surface area contributed by atoms with Gasteiger partial charge in [-0.1, -0.05) is 12.8 Å². The quantitative estimate of drug-likeness (QED) is 0.734. The van der Waals surface area contributed by atoms with Gasteiger partial charge in [0.15, 0.2) is 0 Å². The zero-order valence-corrected chi connectivity index (χ0v) is 18.8. The average molecular weight is 429 g/mol. The summed E-state index contributed by atoms with van der Waals surface area (Å²) in [6, 6.07) is 5.56. The molecule has 2 heterocycles. The van der Waals surface area contributed by atoms with Crippen molar-refractivity contribution < 1.29 is 16.8 Å². The maximum atomic E-state index is 13.1. The predicted octanol–water partition coefficient (Wildman–Crippen LogP) is 3.59. The molecule has 3 rings (SSSR count). The van der Waals surface area contributed by atoms with Gasteiger partial charge < -0.3 is 0 Å². The lowest BCUT2D eigenvalue weighted by Crippen LogP contribution is -2.47. The number of rotatable bonds is 4. The summed E-state index contributed by atoms with van der Waals surface area (Å²) < 4.78 is 55.7. The highest BCUT2D eigenvalue weighted by atomic mass is 32.2. The van der Waals surface area contributed by atoms with Crippen LogP contribution in [0, 0.1) is 0 Å². The van der Waals surface area contributed by atoms with Gasteiger partial charge in [0.25, 0.3) is 0 Å². The van der Waals surface area contributed by atoms with Gasteiger partial charge in [0, 0.05) is 24.2 Å². The Hall–Kier alpha value is -0.960. The maximum Gasteiger partial charge on any atom is 0.243 e. The van der Waals surface area contributed by atoms with Crippen molar-refractivity contribution in [3.05, 3.63) is 24.3 Å². The van der Waals surface area contributed by atoms with Crippen molar-refractivity contribution in [2.24, 2.45) is 0 Å². The molecule has 2 fully saturated rings. The molecule has 28 heavy (non-hydrogen) atoms. The largest absolute Gasteiger partial charge is 0.243 e. The third kappa shape index (κ3) is 3.88. The van der Waals surface area contributed by atoms with Gasteiger partial charge >= 0.3 is 0 Å². The first-order valence-corrected chi connectivity index (χ1v) is 13.1. The predicted molar refractivity (Wildman–Crippen MR) is 110 cm³/mol. The minimum Gasteiger partial charge on any atom is -0.207 e. The van der Waals surface area contributed by atoms with Crippen molar-refractivity contribution in [3.63, 3.8) is 0 Å². The second kappa shape index (κ2) is 8.05. The van der Waals surface area contributed by atoms with E-state index in [2.05, 4.69) is 0 Å². The van der Waals surface area contributed by atoms with Crippen LogP contribution in [0.4, 0.5) is 0 Å². The van der Waals surface area contributed by atoms with E-state index in [4.69, 9.17) is 0 Å². The van der Waals surface area contributed by atoms with Crippen LogP contribution in [0.5, 0.6) is 0 Å². The zero-order valence-electron chi connectivity index (χ0n) is 17.2. The third-order valence-electron chi connectivity index (χ3n) is 6.20. The lowest BCUT2D eigenvalue weighted by Gasteiger charge is -2.38. The Balaban J connectivity index is 1.91. The first-order valence-electron chi connectivity index (χ1n) is 10.2. The molecule has 1 aromatic carbocycles. The molecule has 0 unspecified atom stereocenters. The smallest absolute Gasteiger partial charge is 0.207 e. The fraction of sp³-hybridized carbons (Fsp3) is 0.700. The van der Waals surface area contributed by atoms with Crippen molar-refractivity contribution in [1.82, 2.24) is 8.61 Å². The lowest BCUT2D eigenvalue weighted by molar-refractivity contribution is 0.203. The molecule has 158 valence electrons. The Kier molecular flexibility index (Phi) is 6.25. The summed E-state index contributed by atoms with van der Waals surface area (Å²) in [5.74, 6) is 0. The van der Waals surface area contributed by atoms with E-state index in [1.807, 2.05) is 27.7 Å². The molecule has 4 atom stereocenters. The topological polar surface area (TPSA) is 74.8 Å². The van der Waals surface area contributed by atoms with Gasteiger partial charge in [0.05, 0.1) is 9.79 Å². The zero-order chi connectivity index (χ0) is 20.7. The van der Waals surface area contributed by atoms with Gasteiger partial charge in [-0.15, -0.1) is 0 Å². The van der Waals surface area contributed by atoms with Crippen LogP contribution in [0.1, 0.15) is 66.2 Å². The number of nitrogens with zero attached hydrogens (tertiary/aromatic N) is 2. The summed E-state index contributed by atoms with van der Waals surface area (Å²) in [7, 11) is -7.29. The Labute approximate surface area is 170 Å². The molecule has 0 saturated carbocycles. The molecule has 0 amide bonds. The summed E-state index contributed by atoms with van der Waals surface area (Å²) in [6.07, 6.45) is 5.44. The fourth-order valence-corrected chi connectivity index (χ4v) is 8.53. The van der Waals surface area contributed by atoms with Gasteiger partial charge in [-0.3, -0.25) is 0 Å². The van der Waals surface area contributed by atoms with Gasteiger partial charge in [-0.25, -0.2) is 16.8 Å². The van der Waals surface area contributed by atoms with E-state index in [0.717, 1.165) is 38.5 Å². The second-order valence-electron chi connectivity index (χ2n) is 8.40. The average Bonchev–Trinajstić information content (AvgIpc) is 2.61. The molecule has 1 aromatic rings. The van der Waals surface area contributed by atoms with E-state index >= 15 is 0 Å². The fourth-order valence-electron chi connectivity index (χ4n) is 4.77. The van der Waals surface area contributed by atoms with Crippen LogP contribution in [-0.4, -0.2) is 49.6 Å². The summed E-state index contributed by atoms with van der Waals surface area (Å²) in [6.45, 7) is 7.74. The van der Waals surface area contributed by atoms with Crippen LogP contribution < -0.4 is 0 Å². The Morgan fingerprint density at radius 2 is 0.857 bits per heavy atom. The van der Waals surface area contributed by atoms with Crippen molar-refractivity contribution in [3.8, 4) is 0 Å². The summed E-state index contributed by atoms with van der Waals surface area (Å²) in [5, 5.41) is 0. The molecular formula is C20H32N2O4S2. The van der Waals surface area contributed by atoms with E-state index in [1.54, 1.807) is 8.61 Å². The van der Waals surface area contributed by atoms with E-state index in [-0.39, 0.29) is 34.0 Å². The molecular weight excluding hydrogens is 396 g/mol. The van der Waals surface area contributed by atoms with Crippen LogP contribution >= 0.6 is 0 Å². The maximum absolute atomic E-state index is 13.1. The summed E-state index contributed by atoms with van der Waals surface area (Å²) >= 11 is 0. The van der Waals surface area contributed by atoms with Gasteiger partial charge in [0.1, 0.15) is 0 Å². The third-order valence-corrected chi connectivity index (χ3v) is 10.5. The highest BCUT2D eigenvalue weighted by Crippen LogP contribution is 2.32. The second-order valence-corrected chi connectivity index (χ2v) is 12.1. The van der Waals surface area contributed by atoms with E-state index < -0.39 is 20.0 Å². The van der Waals surface area contributed by atoms with E-state index in [1.165, 1.54) is 24.3 Å². The molecule has 8 heteroatoms. The highest BCUT2D eigenvalue weighted by molar-refractivity contribution is 7.89. The van der Waals surface area contributed by atoms with Crippen LogP contribution in [0.3, 0.4) is 0 Å². The van der Waals surface area contributed by atoms with Crippen molar-refractivity contribution in [2.75, 3.05) is 0 Å². The standard InChI is InChI=1S/C20H32N2O4S2/c1-15-7-5-8-16(2)21(15)27(23,24)19-11-13-20(14-12-19)28(25,26)22-17(3)9-6-10-18(22)4/h11-18H,5-10H2,1-4H3/t15-,16-,17-,18+/m0/s1. The SMILES string of the molecule is C[C@@H]1CCC[C@H](C)N1S(=O)(=O)c1ccc(S(=O)(=O)N2[C@@H](C)CCC[C@@H]2C)cc1. The molecule has 0 N–H and O–H groups in total. The summed E-state index contributed by atoms with van der Waals surface area (Å²) in [4.78, 5) is 0.318. The highest BCUT2D eigenvalue weighted by Gasteiger charge is 2.37. The minimum atomic E-state index is -3.64. The number of sulfonamides is 2. The molecule has 0 spiro atoms. The number of hydrogen-bond donors (Lipinski definition) is 0. The van der Waals surface area contributed by atoms with E-state index in [0.29, 0.717) is 0 Å². The molecule has 0 aromatic heterocycles. The Morgan fingerprint density at radius 1 is 0.607 bits per heavy atom. The monoisotopic (exact) mass is 428 g/mol. The number of hydrogen-bond acceptors (Lipinski definition) is 4. The molecule has 6 nitrogen and oxygen atoms in total. The van der Waals surface area contributed by atoms with E-state index in [9.17, 15) is 16.8 Å². The molecule has 0 bridgehead atoms. The van der Waals surface area contributed by atoms with Crippen LogP contribution in [0.15, 0.2) is 34.1 Å². The first-order chi connectivity index (χ1) is 13.1. The first kappa shape index (κ1) is 21.7. The van der Waals surface area contributed by atoms with Crippen molar-refractivity contribution in [2.45, 2.75) is 100 Å². The van der Waals surface area contributed by atoms with Gasteiger partial charge in [-0.2, -0.15) is 8.61 Å². The van der Waals surface area contributed by atoms with Crippen molar-refractivity contribution >= 4 is 20.0 Å². The molecule has 0 aliphatic carbocycles. The van der Waals surface area contributed by atoms with Gasteiger partial charge in [0.2, 0.25) is 20.0 Å². The number of benzene rings is 1. The molecule has 0 radical (unpaired) electrons. The number of piperidine rings is 2. The lowest BCUT2D eigenvalue weighted by atomic mass is 10.0. The van der Waals surface area contributed by atoms with Crippen LogP contribution in [0.25, 0.3) is 0 Å². The molecule has 2 aliphatic rings. The van der Waals surface area contributed by atoms with Gasteiger partial charge in [-0.05, 0) is 77.6 Å². The summed E-state index contributed by atoms with van der Waals surface area (Å²) in [5.41, 5.74) is 0. The molecule has 2 aliphatic heterocycles. The Morgan fingerprint density at radius 3 is 1.11 bits per heavy atom.